The molecule has 0 saturated carbocycles. The highest BCUT2D eigenvalue weighted by atomic mass is 19.1. The highest BCUT2D eigenvalue weighted by Gasteiger charge is 2.34. The Bertz CT molecular complexity index is 497. The van der Waals surface area contributed by atoms with Gasteiger partial charge in [0.1, 0.15) is 23.2 Å². The second-order valence-corrected chi connectivity index (χ2v) is 4.48. The van der Waals surface area contributed by atoms with Gasteiger partial charge in [0.25, 0.3) is 5.91 Å². The number of carbonyl (C=O) groups excluding carboxylic acids is 1. The Balaban J connectivity index is 2.34. The lowest BCUT2D eigenvalue weighted by atomic mass is 10.0. The number of hydrogen-bond acceptors (Lipinski definition) is 3. The van der Waals surface area contributed by atoms with E-state index in [1.54, 1.807) is 0 Å². The molecule has 2 N–H and O–H groups in total. The second kappa shape index (κ2) is 5.26. The summed E-state index contributed by atoms with van der Waals surface area (Å²) < 4.78 is 13.6. The highest BCUT2D eigenvalue weighted by Crippen LogP contribution is 2.26. The lowest BCUT2D eigenvalue weighted by molar-refractivity contribution is -0.143. The quantitative estimate of drug-likeness (QED) is 0.853. The monoisotopic (exact) mass is 267 g/mol. The van der Waals surface area contributed by atoms with E-state index in [1.807, 2.05) is 0 Å². The maximum Gasteiger partial charge on any atom is 0.326 e. The number of piperidine rings is 1. The molecule has 1 atom stereocenters. The minimum Gasteiger partial charge on any atom is -0.507 e. The summed E-state index contributed by atoms with van der Waals surface area (Å²) in [5.41, 5.74) is -0.462. The Labute approximate surface area is 109 Å². The van der Waals surface area contributed by atoms with Gasteiger partial charge in [-0.1, -0.05) is 6.07 Å². The summed E-state index contributed by atoms with van der Waals surface area (Å²) in [7, 11) is 0. The third-order valence-electron chi connectivity index (χ3n) is 3.25. The minimum atomic E-state index is -1.11. The van der Waals surface area contributed by atoms with Gasteiger partial charge in [0.05, 0.1) is 0 Å². The zero-order valence-electron chi connectivity index (χ0n) is 10.2. The van der Waals surface area contributed by atoms with Crippen LogP contribution in [-0.2, 0) is 4.79 Å². The van der Waals surface area contributed by atoms with Gasteiger partial charge in [-0.05, 0) is 31.4 Å². The largest absolute Gasteiger partial charge is 0.507 e. The number of likely N-dealkylation sites (tertiary alicyclic amines) is 1. The van der Waals surface area contributed by atoms with Crippen molar-refractivity contribution in [3.8, 4) is 5.75 Å². The van der Waals surface area contributed by atoms with Crippen LogP contribution in [-0.4, -0.2) is 39.6 Å². The summed E-state index contributed by atoms with van der Waals surface area (Å²) in [6.07, 6.45) is 1.73. The van der Waals surface area contributed by atoms with E-state index in [0.717, 1.165) is 11.0 Å². The SMILES string of the molecule is O=C(O)[C@@H]1CCCCN1C(=O)c1c(O)cccc1F. The molecule has 1 fully saturated rings. The van der Waals surface area contributed by atoms with Crippen LogP contribution in [0, 0.1) is 5.82 Å². The van der Waals surface area contributed by atoms with Crippen molar-refractivity contribution in [2.75, 3.05) is 6.54 Å². The molecule has 102 valence electrons. The van der Waals surface area contributed by atoms with E-state index in [0.29, 0.717) is 19.3 Å². The summed E-state index contributed by atoms with van der Waals surface area (Å²) >= 11 is 0. The van der Waals surface area contributed by atoms with Crippen LogP contribution in [0.1, 0.15) is 29.6 Å². The molecule has 0 aliphatic carbocycles. The summed E-state index contributed by atoms with van der Waals surface area (Å²) in [5.74, 6) is -3.20. The van der Waals surface area contributed by atoms with Crippen molar-refractivity contribution in [3.05, 3.63) is 29.6 Å². The lowest BCUT2D eigenvalue weighted by Gasteiger charge is -2.33. The zero-order valence-corrected chi connectivity index (χ0v) is 10.2. The Kier molecular flexibility index (Phi) is 3.69. The lowest BCUT2D eigenvalue weighted by Crippen LogP contribution is -2.48. The van der Waals surface area contributed by atoms with Crippen molar-refractivity contribution < 1.29 is 24.2 Å². The fourth-order valence-corrected chi connectivity index (χ4v) is 2.30. The van der Waals surface area contributed by atoms with Crippen molar-refractivity contribution in [2.24, 2.45) is 0 Å². The molecule has 0 radical (unpaired) electrons. The zero-order chi connectivity index (χ0) is 14.0. The predicted molar refractivity (Wildman–Crippen MR) is 64.4 cm³/mol. The number of benzene rings is 1. The van der Waals surface area contributed by atoms with Crippen LogP contribution in [0.3, 0.4) is 0 Å². The van der Waals surface area contributed by atoms with Crippen molar-refractivity contribution in [1.29, 1.82) is 0 Å². The fraction of sp³-hybridized carbons (Fsp3) is 0.385. The van der Waals surface area contributed by atoms with Crippen molar-refractivity contribution >= 4 is 11.9 Å². The summed E-state index contributed by atoms with van der Waals surface area (Å²) in [5, 5.41) is 18.7. The molecule has 5 nitrogen and oxygen atoms in total. The van der Waals surface area contributed by atoms with Gasteiger partial charge in [-0.3, -0.25) is 4.79 Å². The van der Waals surface area contributed by atoms with E-state index in [9.17, 15) is 19.1 Å². The Morgan fingerprint density at radius 2 is 2.05 bits per heavy atom. The molecule has 1 aliphatic heterocycles. The number of carboxylic acid groups (broad SMARTS) is 1. The predicted octanol–water partition coefficient (Wildman–Crippen LogP) is 1.61. The molecule has 1 amide bonds. The second-order valence-electron chi connectivity index (χ2n) is 4.48. The standard InChI is InChI=1S/C13H14FNO4/c14-8-4-3-6-10(16)11(8)12(17)15-7-2-1-5-9(15)13(18)19/h3-4,6,9,16H,1-2,5,7H2,(H,18,19)/t9-/m0/s1. The van der Waals surface area contributed by atoms with Gasteiger partial charge in [0, 0.05) is 6.54 Å². The van der Waals surface area contributed by atoms with Gasteiger partial charge in [-0.25, -0.2) is 9.18 Å². The first-order chi connectivity index (χ1) is 9.02. The third kappa shape index (κ3) is 2.52. The molecular weight excluding hydrogens is 253 g/mol. The van der Waals surface area contributed by atoms with E-state index in [2.05, 4.69) is 0 Å². The smallest absolute Gasteiger partial charge is 0.326 e. The first-order valence-corrected chi connectivity index (χ1v) is 6.03. The Morgan fingerprint density at radius 1 is 1.32 bits per heavy atom. The molecule has 0 bridgehead atoms. The Hall–Kier alpha value is -2.11. The van der Waals surface area contributed by atoms with Crippen molar-refractivity contribution in [3.63, 3.8) is 0 Å². The van der Waals surface area contributed by atoms with E-state index < -0.39 is 35.0 Å². The average molecular weight is 267 g/mol. The number of amides is 1. The van der Waals surface area contributed by atoms with E-state index in [1.165, 1.54) is 12.1 Å². The van der Waals surface area contributed by atoms with Crippen LogP contribution in [0.4, 0.5) is 4.39 Å². The fourth-order valence-electron chi connectivity index (χ4n) is 2.30. The maximum atomic E-state index is 13.6. The topological polar surface area (TPSA) is 77.8 Å². The van der Waals surface area contributed by atoms with Crippen LogP contribution in [0.25, 0.3) is 0 Å². The molecule has 1 aliphatic rings. The molecule has 1 heterocycles. The number of rotatable bonds is 2. The number of carboxylic acids is 1. The van der Waals surface area contributed by atoms with Crippen LogP contribution >= 0.6 is 0 Å². The van der Waals surface area contributed by atoms with Gasteiger partial charge in [-0.15, -0.1) is 0 Å². The molecule has 0 unspecified atom stereocenters. The van der Waals surface area contributed by atoms with Crippen LogP contribution < -0.4 is 0 Å². The molecule has 1 saturated heterocycles. The third-order valence-corrected chi connectivity index (χ3v) is 3.25. The normalized spacial score (nSPS) is 19.2. The van der Waals surface area contributed by atoms with Gasteiger partial charge < -0.3 is 15.1 Å². The summed E-state index contributed by atoms with van der Waals surface area (Å²) in [6, 6.07) is 2.59. The number of carbonyl (C=O) groups is 2. The van der Waals surface area contributed by atoms with Crippen LogP contribution in [0.15, 0.2) is 18.2 Å². The molecule has 0 aromatic heterocycles. The number of aliphatic carboxylic acids is 1. The molecule has 2 rings (SSSR count). The van der Waals surface area contributed by atoms with Crippen LogP contribution in [0.2, 0.25) is 0 Å². The van der Waals surface area contributed by atoms with E-state index in [4.69, 9.17) is 5.11 Å². The number of nitrogens with zero attached hydrogens (tertiary/aromatic N) is 1. The van der Waals surface area contributed by atoms with E-state index >= 15 is 0 Å². The number of hydrogen-bond donors (Lipinski definition) is 2. The van der Waals surface area contributed by atoms with Crippen molar-refractivity contribution in [2.45, 2.75) is 25.3 Å². The molecule has 0 spiro atoms. The number of aromatic hydroxyl groups is 1. The van der Waals surface area contributed by atoms with Crippen molar-refractivity contribution in [1.82, 2.24) is 4.90 Å². The molecular formula is C13H14FNO4. The van der Waals surface area contributed by atoms with Gasteiger partial charge >= 0.3 is 5.97 Å². The number of halogens is 1. The van der Waals surface area contributed by atoms with E-state index in [-0.39, 0.29) is 6.54 Å². The molecule has 1 aromatic rings. The first-order valence-electron chi connectivity index (χ1n) is 6.03. The van der Waals surface area contributed by atoms with Gasteiger partial charge in [-0.2, -0.15) is 0 Å². The number of phenolic OH excluding ortho intramolecular Hbond substituents is 1. The molecule has 1 aromatic carbocycles. The number of phenols is 1. The first kappa shape index (κ1) is 13.3. The summed E-state index contributed by atoms with van der Waals surface area (Å²) in [4.78, 5) is 24.5. The highest BCUT2D eigenvalue weighted by molar-refractivity contribution is 5.99. The summed E-state index contributed by atoms with van der Waals surface area (Å²) in [6.45, 7) is 0.254. The molecule has 6 heteroatoms. The Morgan fingerprint density at radius 3 is 2.68 bits per heavy atom. The maximum absolute atomic E-state index is 13.6. The van der Waals surface area contributed by atoms with Gasteiger partial charge in [0.15, 0.2) is 0 Å². The van der Waals surface area contributed by atoms with Gasteiger partial charge in [0.2, 0.25) is 0 Å². The minimum absolute atomic E-state index is 0.254. The average Bonchev–Trinajstić information content (AvgIpc) is 2.38. The van der Waals surface area contributed by atoms with Crippen LogP contribution in [0.5, 0.6) is 5.75 Å². The molecule has 19 heavy (non-hydrogen) atoms.